The van der Waals surface area contributed by atoms with Crippen molar-refractivity contribution in [1.29, 1.82) is 5.41 Å². The number of carbonyl (C=O) groups is 3. The molecule has 0 unspecified atom stereocenters. The van der Waals surface area contributed by atoms with Crippen LogP contribution in [0.4, 0.5) is 5.69 Å². The molecule has 0 bridgehead atoms. The van der Waals surface area contributed by atoms with E-state index in [1.165, 1.54) is 11.8 Å². The third-order valence-corrected chi connectivity index (χ3v) is 5.94. The first kappa shape index (κ1) is 32.0. The van der Waals surface area contributed by atoms with Gasteiger partial charge in [-0.2, -0.15) is 10.1 Å². The van der Waals surface area contributed by atoms with E-state index < -0.39 is 23.3 Å². The summed E-state index contributed by atoms with van der Waals surface area (Å²) in [6, 6.07) is 6.48. The molecule has 0 spiro atoms. The molecule has 8 N–H and O–H groups in total. The minimum absolute atomic E-state index is 0.217. The lowest BCUT2D eigenvalue weighted by Gasteiger charge is -2.20. The van der Waals surface area contributed by atoms with Crippen LogP contribution >= 0.6 is 0 Å². The summed E-state index contributed by atoms with van der Waals surface area (Å²) in [5.74, 6) is -5.42. The number of amidine groups is 1. The summed E-state index contributed by atoms with van der Waals surface area (Å²) in [5.41, 5.74) is 6.23. The molecule has 1 aliphatic rings. The second-order valence-corrected chi connectivity index (χ2v) is 9.41. The number of amides is 3. The fourth-order valence-electron chi connectivity index (χ4n) is 3.77. The lowest BCUT2D eigenvalue weighted by Crippen LogP contribution is -2.51. The van der Waals surface area contributed by atoms with E-state index >= 15 is 0 Å². The fraction of sp³-hybridized carbons (Fsp3) is 0.385. The topological polar surface area (TPSA) is 226 Å². The van der Waals surface area contributed by atoms with Crippen molar-refractivity contribution in [2.75, 3.05) is 32.7 Å². The van der Waals surface area contributed by atoms with Crippen LogP contribution in [0.1, 0.15) is 29.8 Å². The average Bonchev–Trinajstić information content (AvgIpc) is 3.70. The van der Waals surface area contributed by atoms with Gasteiger partial charge in [-0.1, -0.05) is 6.07 Å². The number of carbonyl (C=O) groups excluding carboxylic acids is 3. The van der Waals surface area contributed by atoms with E-state index in [-0.39, 0.29) is 34.8 Å². The van der Waals surface area contributed by atoms with Crippen molar-refractivity contribution in [1.82, 2.24) is 20.4 Å². The zero-order valence-corrected chi connectivity index (χ0v) is 23.4. The van der Waals surface area contributed by atoms with Crippen LogP contribution in [0.25, 0.3) is 11.3 Å². The van der Waals surface area contributed by atoms with Gasteiger partial charge < -0.3 is 41.4 Å². The van der Waals surface area contributed by atoms with Crippen LogP contribution in [0, 0.1) is 11.3 Å². The summed E-state index contributed by atoms with van der Waals surface area (Å²) >= 11 is 0. The Hall–Kier alpha value is -4.54. The van der Waals surface area contributed by atoms with Gasteiger partial charge in [-0.25, -0.2) is 0 Å². The molecule has 2 radical (unpaired) electrons. The highest BCUT2D eigenvalue weighted by atomic mass is 16.5. The van der Waals surface area contributed by atoms with Crippen molar-refractivity contribution in [2.24, 2.45) is 23.7 Å². The van der Waals surface area contributed by atoms with Gasteiger partial charge in [0.25, 0.3) is 17.7 Å². The number of aliphatic hydroxyl groups is 2. The molecule has 222 valence electrons. The van der Waals surface area contributed by atoms with Crippen molar-refractivity contribution in [3.8, 4) is 17.0 Å². The number of benzene rings is 1. The predicted molar refractivity (Wildman–Crippen MR) is 154 cm³/mol. The molecule has 0 saturated heterocycles. The SMILES string of the molecule is [B]C(O)(O)NC(=O)C(=N)/C(=C\C(N)=NC(=O)C1CC1)Nc1cccc(-c2cc(C(=O)NCCCOC)n(C)n2)c1OC. The molecule has 1 fully saturated rings. The molecule has 1 aromatic heterocycles. The van der Waals surface area contributed by atoms with Gasteiger partial charge in [-0.15, -0.1) is 0 Å². The highest BCUT2D eigenvalue weighted by Crippen LogP contribution is 2.37. The van der Waals surface area contributed by atoms with E-state index in [2.05, 4.69) is 20.7 Å². The molecule has 0 atom stereocenters. The van der Waals surface area contributed by atoms with E-state index in [0.717, 1.165) is 6.08 Å². The Bertz CT molecular complexity index is 1410. The molecule has 16 heteroatoms. The number of aryl methyl sites for hydroxylation is 1. The Labute approximate surface area is 243 Å². The molecule has 1 aliphatic carbocycles. The summed E-state index contributed by atoms with van der Waals surface area (Å²) in [4.78, 5) is 41.1. The standard InChI is InChI=1S/C26H33BN8O7/c1-35-19(24(37)30-10-5-11-41-2)12-17(34-35)15-6-4-7-16(22(15)42-3)31-18(21(29)25(38)33-26(27,39)40)13-20(28)32-23(36)14-8-9-14/h4,6-7,12-14,29,31,39-40H,5,8-11H2,1-3H3,(H,30,37)(H,33,38)(H2,28,32,36)/b18-13+,29-21?. The lowest BCUT2D eigenvalue weighted by atomic mass is 10.0. The van der Waals surface area contributed by atoms with Crippen LogP contribution in [0.3, 0.4) is 0 Å². The summed E-state index contributed by atoms with van der Waals surface area (Å²) in [5, 5.41) is 38.8. The maximum Gasteiger partial charge on any atom is 0.274 e. The molecule has 2 aromatic rings. The van der Waals surface area contributed by atoms with E-state index in [0.29, 0.717) is 49.4 Å². The number of rotatable bonds is 14. The van der Waals surface area contributed by atoms with Crippen LogP contribution in [0.15, 0.2) is 41.0 Å². The Morgan fingerprint density at radius 3 is 2.64 bits per heavy atom. The van der Waals surface area contributed by atoms with Crippen molar-refractivity contribution in [2.45, 2.75) is 25.1 Å². The Morgan fingerprint density at radius 2 is 2.02 bits per heavy atom. The van der Waals surface area contributed by atoms with Gasteiger partial charge in [0, 0.05) is 44.9 Å². The van der Waals surface area contributed by atoms with Crippen LogP contribution in [-0.2, 0) is 21.4 Å². The maximum absolute atomic E-state index is 12.7. The lowest BCUT2D eigenvalue weighted by molar-refractivity contribution is -0.139. The number of aliphatic imine (C=N–C) groups is 1. The highest BCUT2D eigenvalue weighted by molar-refractivity contribution is 6.45. The third-order valence-electron chi connectivity index (χ3n) is 5.94. The first-order chi connectivity index (χ1) is 19.8. The molecule has 3 amide bonds. The van der Waals surface area contributed by atoms with E-state index in [1.54, 1.807) is 43.7 Å². The summed E-state index contributed by atoms with van der Waals surface area (Å²) in [6.45, 7) is 0.923. The number of nitrogens with zero attached hydrogens (tertiary/aromatic N) is 3. The minimum atomic E-state index is -3.10. The Morgan fingerprint density at radius 1 is 1.31 bits per heavy atom. The van der Waals surface area contributed by atoms with Crippen molar-refractivity contribution in [3.05, 3.63) is 41.7 Å². The molecule has 0 aliphatic heterocycles. The number of hydrogen-bond donors (Lipinski definition) is 7. The maximum atomic E-state index is 12.7. The van der Waals surface area contributed by atoms with Crippen molar-refractivity contribution in [3.63, 3.8) is 0 Å². The highest BCUT2D eigenvalue weighted by Gasteiger charge is 2.30. The van der Waals surface area contributed by atoms with Gasteiger partial charge in [0.15, 0.2) is 19.4 Å². The minimum Gasteiger partial charge on any atom is -0.494 e. The van der Waals surface area contributed by atoms with Gasteiger partial charge in [0.1, 0.15) is 17.2 Å². The smallest absolute Gasteiger partial charge is 0.274 e. The first-order valence-electron chi connectivity index (χ1n) is 12.8. The number of nitrogens with one attached hydrogen (secondary N) is 4. The van der Waals surface area contributed by atoms with Crippen molar-refractivity contribution >= 4 is 42.8 Å². The van der Waals surface area contributed by atoms with Gasteiger partial charge in [-0.05, 0) is 37.5 Å². The second kappa shape index (κ2) is 13.9. The Kier molecular flexibility index (Phi) is 10.6. The molecule has 1 saturated carbocycles. The van der Waals surface area contributed by atoms with E-state index in [1.807, 2.05) is 0 Å². The van der Waals surface area contributed by atoms with Gasteiger partial charge in [0.05, 0.1) is 24.2 Å². The van der Waals surface area contributed by atoms with E-state index in [4.69, 9.17) is 28.5 Å². The zero-order valence-electron chi connectivity index (χ0n) is 23.4. The number of ether oxygens (including phenoxy) is 2. The van der Waals surface area contributed by atoms with Gasteiger partial charge in [-0.3, -0.25) is 24.5 Å². The molecule has 1 heterocycles. The molecule has 42 heavy (non-hydrogen) atoms. The zero-order chi connectivity index (χ0) is 31.0. The van der Waals surface area contributed by atoms with Gasteiger partial charge in [0.2, 0.25) is 0 Å². The molecular weight excluding hydrogens is 547 g/mol. The number of aromatic nitrogens is 2. The molecular formula is C26H33BN8O7. The van der Waals surface area contributed by atoms with Crippen LogP contribution < -0.4 is 26.4 Å². The number of hydrogen-bond acceptors (Lipinski definition) is 10. The first-order valence-corrected chi connectivity index (χ1v) is 12.8. The number of para-hydroxylation sites is 1. The number of anilines is 1. The summed E-state index contributed by atoms with van der Waals surface area (Å²) < 4.78 is 12.0. The Balaban J connectivity index is 1.96. The fourth-order valence-corrected chi connectivity index (χ4v) is 3.77. The molecule has 1 aromatic carbocycles. The molecule has 3 rings (SSSR count). The van der Waals surface area contributed by atoms with Crippen LogP contribution in [0.2, 0.25) is 0 Å². The number of methoxy groups -OCH3 is 2. The normalized spacial score (nSPS) is 13.8. The van der Waals surface area contributed by atoms with Crippen LogP contribution in [0.5, 0.6) is 5.75 Å². The summed E-state index contributed by atoms with van der Waals surface area (Å²) in [6.07, 6.45) is 3.12. The van der Waals surface area contributed by atoms with E-state index in [9.17, 15) is 24.6 Å². The number of nitrogens with two attached hydrogens (primary N) is 1. The quantitative estimate of drug-likeness (QED) is 0.0491. The van der Waals surface area contributed by atoms with Gasteiger partial charge >= 0.3 is 0 Å². The average molecular weight is 580 g/mol. The molecule has 15 nitrogen and oxygen atoms in total. The summed E-state index contributed by atoms with van der Waals surface area (Å²) in [7, 11) is 9.62. The van der Waals surface area contributed by atoms with Crippen molar-refractivity contribution < 1.29 is 34.1 Å². The van der Waals surface area contributed by atoms with Crippen LogP contribution in [-0.4, -0.2) is 90.3 Å². The predicted octanol–water partition coefficient (Wildman–Crippen LogP) is -0.648. The second-order valence-electron chi connectivity index (χ2n) is 9.41. The monoisotopic (exact) mass is 580 g/mol. The largest absolute Gasteiger partial charge is 0.494 e. The third kappa shape index (κ3) is 8.73.